The second-order valence-corrected chi connectivity index (χ2v) is 6.68. The summed E-state index contributed by atoms with van der Waals surface area (Å²) in [5.41, 5.74) is 1.93. The summed E-state index contributed by atoms with van der Waals surface area (Å²) in [4.78, 5) is 34.8. The zero-order valence-electron chi connectivity index (χ0n) is 16.0. The molecule has 29 heavy (non-hydrogen) atoms. The van der Waals surface area contributed by atoms with Crippen LogP contribution < -0.4 is 0 Å². The minimum absolute atomic E-state index is 0.0886. The van der Waals surface area contributed by atoms with Crippen LogP contribution >= 0.6 is 0 Å². The molecule has 0 saturated carbocycles. The number of carbonyl (C=O) groups is 2. The van der Waals surface area contributed by atoms with Gasteiger partial charge >= 0.3 is 0 Å². The molecule has 1 amide bonds. The van der Waals surface area contributed by atoms with Gasteiger partial charge in [0.05, 0.1) is 0 Å². The maximum atomic E-state index is 13.9. The van der Waals surface area contributed by atoms with Crippen molar-refractivity contribution >= 4 is 11.7 Å². The molecular weight excluding hydrogens is 369 g/mol. The molecule has 0 aliphatic carbocycles. The molecule has 0 spiro atoms. The minimum Gasteiger partial charge on any atom is -0.338 e. The number of Topliss-reactive ketones (excluding diaryl/α,β-unsaturated/α-hetero) is 1. The van der Waals surface area contributed by atoms with Gasteiger partial charge in [-0.15, -0.1) is 0 Å². The van der Waals surface area contributed by atoms with Crippen LogP contribution in [0, 0.1) is 5.82 Å². The highest BCUT2D eigenvalue weighted by Gasteiger charge is 2.17. The molecule has 0 fully saturated rings. The van der Waals surface area contributed by atoms with Crippen LogP contribution in [0.5, 0.6) is 0 Å². The largest absolute Gasteiger partial charge is 0.338 e. The highest BCUT2D eigenvalue weighted by molar-refractivity contribution is 5.97. The second kappa shape index (κ2) is 10.2. The van der Waals surface area contributed by atoms with Crippen LogP contribution in [-0.2, 0) is 17.8 Å². The number of aromatic nitrogens is 2. The maximum absolute atomic E-state index is 13.9. The fourth-order valence-corrected chi connectivity index (χ4v) is 3.01. The molecule has 2 heterocycles. The monoisotopic (exact) mass is 391 g/mol. The molecular formula is C23H22FN3O2. The molecule has 0 aliphatic heterocycles. The average Bonchev–Trinajstić information content (AvgIpc) is 2.77. The van der Waals surface area contributed by atoms with Crippen molar-refractivity contribution in [1.29, 1.82) is 0 Å². The van der Waals surface area contributed by atoms with E-state index in [9.17, 15) is 14.0 Å². The molecule has 0 bridgehead atoms. The van der Waals surface area contributed by atoms with E-state index in [1.54, 1.807) is 59.9 Å². The SMILES string of the molecule is O=C(CCC(=O)N(CCc1ccccc1F)Cc1cccnc1)c1cccnc1. The lowest BCUT2D eigenvalue weighted by Crippen LogP contribution is -2.33. The summed E-state index contributed by atoms with van der Waals surface area (Å²) in [6.07, 6.45) is 7.05. The maximum Gasteiger partial charge on any atom is 0.223 e. The first kappa shape index (κ1) is 20.3. The number of pyridine rings is 2. The highest BCUT2D eigenvalue weighted by Crippen LogP contribution is 2.12. The number of carbonyl (C=O) groups excluding carboxylic acids is 2. The van der Waals surface area contributed by atoms with Gasteiger partial charge in [-0.05, 0) is 41.8 Å². The first-order valence-electron chi connectivity index (χ1n) is 9.47. The summed E-state index contributed by atoms with van der Waals surface area (Å²) >= 11 is 0. The molecule has 0 N–H and O–H groups in total. The Balaban J connectivity index is 1.65. The molecule has 3 aromatic rings. The molecule has 0 unspecified atom stereocenters. The first-order valence-corrected chi connectivity index (χ1v) is 9.47. The van der Waals surface area contributed by atoms with Crippen molar-refractivity contribution in [1.82, 2.24) is 14.9 Å². The molecule has 6 heteroatoms. The predicted octanol–water partition coefficient (Wildman–Crippen LogP) is 3.85. The molecule has 0 aliphatic rings. The van der Waals surface area contributed by atoms with Gasteiger partial charge in [0, 0.05) is 56.3 Å². The minimum atomic E-state index is -0.284. The van der Waals surface area contributed by atoms with E-state index in [2.05, 4.69) is 9.97 Å². The van der Waals surface area contributed by atoms with E-state index in [1.165, 1.54) is 12.3 Å². The normalized spacial score (nSPS) is 10.5. The molecule has 148 valence electrons. The summed E-state index contributed by atoms with van der Waals surface area (Å²) < 4.78 is 13.9. The van der Waals surface area contributed by atoms with E-state index < -0.39 is 0 Å². The van der Waals surface area contributed by atoms with Crippen LogP contribution in [0.1, 0.15) is 34.3 Å². The number of rotatable bonds is 9. The summed E-state index contributed by atoms with van der Waals surface area (Å²) in [6.45, 7) is 0.720. The number of nitrogens with zero attached hydrogens (tertiary/aromatic N) is 3. The van der Waals surface area contributed by atoms with Crippen LogP contribution in [-0.4, -0.2) is 33.1 Å². The van der Waals surface area contributed by atoms with Crippen molar-refractivity contribution in [2.45, 2.75) is 25.8 Å². The van der Waals surface area contributed by atoms with Gasteiger partial charge in [-0.3, -0.25) is 19.6 Å². The van der Waals surface area contributed by atoms with E-state index >= 15 is 0 Å². The van der Waals surface area contributed by atoms with Crippen molar-refractivity contribution in [3.8, 4) is 0 Å². The van der Waals surface area contributed by atoms with Crippen LogP contribution in [0.15, 0.2) is 73.3 Å². The fourth-order valence-electron chi connectivity index (χ4n) is 3.01. The van der Waals surface area contributed by atoms with Gasteiger partial charge in [-0.1, -0.05) is 24.3 Å². The molecule has 5 nitrogen and oxygen atoms in total. The van der Waals surface area contributed by atoms with Gasteiger partial charge in [0.15, 0.2) is 5.78 Å². The molecule has 3 rings (SSSR count). The van der Waals surface area contributed by atoms with Gasteiger partial charge < -0.3 is 4.90 Å². The summed E-state index contributed by atoms with van der Waals surface area (Å²) in [7, 11) is 0. The Morgan fingerprint density at radius 1 is 0.897 bits per heavy atom. The molecule has 0 radical (unpaired) electrons. The number of halogens is 1. The summed E-state index contributed by atoms with van der Waals surface area (Å²) in [5, 5.41) is 0. The van der Waals surface area contributed by atoms with Crippen LogP contribution in [0.4, 0.5) is 4.39 Å². The third-order valence-electron chi connectivity index (χ3n) is 4.61. The number of hydrogen-bond acceptors (Lipinski definition) is 4. The third kappa shape index (κ3) is 6.04. The van der Waals surface area contributed by atoms with Crippen molar-refractivity contribution in [3.63, 3.8) is 0 Å². The Morgan fingerprint density at radius 3 is 2.34 bits per heavy atom. The van der Waals surface area contributed by atoms with E-state index in [1.807, 2.05) is 6.07 Å². The smallest absolute Gasteiger partial charge is 0.223 e. The predicted molar refractivity (Wildman–Crippen MR) is 108 cm³/mol. The van der Waals surface area contributed by atoms with Crippen LogP contribution in [0.3, 0.4) is 0 Å². The quantitative estimate of drug-likeness (QED) is 0.520. The Labute approximate surface area is 169 Å². The first-order chi connectivity index (χ1) is 14.1. The van der Waals surface area contributed by atoms with Gasteiger partial charge in [0.2, 0.25) is 5.91 Å². The van der Waals surface area contributed by atoms with Crippen molar-refractivity contribution in [2.75, 3.05) is 6.54 Å². The molecule has 2 aromatic heterocycles. The van der Waals surface area contributed by atoms with Crippen molar-refractivity contribution < 1.29 is 14.0 Å². The second-order valence-electron chi connectivity index (χ2n) is 6.68. The summed E-state index contributed by atoms with van der Waals surface area (Å²) in [5.74, 6) is -0.558. The third-order valence-corrected chi connectivity index (χ3v) is 4.61. The van der Waals surface area contributed by atoms with E-state index in [0.717, 1.165) is 5.56 Å². The lowest BCUT2D eigenvalue weighted by atomic mass is 10.1. The Morgan fingerprint density at radius 2 is 1.66 bits per heavy atom. The van der Waals surface area contributed by atoms with E-state index in [-0.39, 0.29) is 30.3 Å². The number of hydrogen-bond donors (Lipinski definition) is 0. The fraction of sp³-hybridized carbons (Fsp3) is 0.217. The zero-order valence-corrected chi connectivity index (χ0v) is 16.0. The van der Waals surface area contributed by atoms with Gasteiger partial charge in [-0.25, -0.2) is 4.39 Å². The Bertz CT molecular complexity index is 949. The van der Waals surface area contributed by atoms with E-state index in [0.29, 0.717) is 30.6 Å². The van der Waals surface area contributed by atoms with Gasteiger partial charge in [0.1, 0.15) is 5.82 Å². The Hall–Kier alpha value is -3.41. The number of amides is 1. The number of ketones is 1. The molecule has 0 atom stereocenters. The van der Waals surface area contributed by atoms with Crippen LogP contribution in [0.25, 0.3) is 0 Å². The average molecular weight is 391 g/mol. The number of benzene rings is 1. The zero-order chi connectivity index (χ0) is 20.5. The summed E-state index contributed by atoms with van der Waals surface area (Å²) in [6, 6.07) is 13.6. The highest BCUT2D eigenvalue weighted by atomic mass is 19.1. The standard InChI is InChI=1S/C23H22FN3O2/c24-21-8-2-1-6-19(21)11-14-27(17-18-5-3-12-25-15-18)23(29)10-9-22(28)20-7-4-13-26-16-20/h1-8,12-13,15-16H,9-11,14,17H2. The molecule has 0 saturated heterocycles. The van der Waals surface area contributed by atoms with Crippen molar-refractivity contribution in [2.24, 2.45) is 0 Å². The lowest BCUT2D eigenvalue weighted by molar-refractivity contribution is -0.131. The van der Waals surface area contributed by atoms with E-state index in [4.69, 9.17) is 0 Å². The van der Waals surface area contributed by atoms with Crippen LogP contribution in [0.2, 0.25) is 0 Å². The Kier molecular flexibility index (Phi) is 7.16. The van der Waals surface area contributed by atoms with Gasteiger partial charge in [-0.2, -0.15) is 0 Å². The lowest BCUT2D eigenvalue weighted by Gasteiger charge is -2.23. The van der Waals surface area contributed by atoms with Crippen molar-refractivity contribution in [3.05, 3.63) is 95.8 Å². The topological polar surface area (TPSA) is 63.2 Å². The molecule has 1 aromatic carbocycles. The van der Waals surface area contributed by atoms with Gasteiger partial charge in [0.25, 0.3) is 0 Å².